The highest BCUT2D eigenvalue weighted by molar-refractivity contribution is 6.14. The highest BCUT2D eigenvalue weighted by Gasteiger charge is 2.48. The van der Waals surface area contributed by atoms with Crippen molar-refractivity contribution in [2.45, 2.75) is 38.5 Å². The molecular formula is C44H34N4O. The van der Waals surface area contributed by atoms with Crippen LogP contribution in [0.1, 0.15) is 39.0 Å². The summed E-state index contributed by atoms with van der Waals surface area (Å²) in [6, 6.07) is 43.1. The van der Waals surface area contributed by atoms with Crippen molar-refractivity contribution in [1.29, 1.82) is 0 Å². The Labute approximate surface area is 284 Å². The molecule has 0 bridgehead atoms. The number of hydrogen-bond donors (Lipinski definition) is 0. The standard InChI is InChI=1S/C44H34N4O/c1-43(2)35-21-19-28(24-37(35)48-41(44(43,3)4)34(26-46-48)27-12-6-5-7-13-27)30-15-10-18-39-40(30)33-25-29(20-22-38(33)49-39)47-36-17-9-8-14-31(36)32-16-11-23-45-42(32)47/h5-26H,1-4H3. The van der Waals surface area contributed by atoms with Crippen molar-refractivity contribution < 1.29 is 4.42 Å². The van der Waals surface area contributed by atoms with Gasteiger partial charge in [-0.15, -0.1) is 0 Å². The first-order chi connectivity index (χ1) is 23.8. The highest BCUT2D eigenvalue weighted by Crippen LogP contribution is 2.53. The quantitative estimate of drug-likeness (QED) is 0.194. The second kappa shape index (κ2) is 9.80. The number of pyridine rings is 1. The molecule has 49 heavy (non-hydrogen) atoms. The number of aromatic nitrogens is 4. The van der Waals surface area contributed by atoms with Crippen LogP contribution in [0.5, 0.6) is 0 Å². The number of para-hydroxylation sites is 1. The van der Waals surface area contributed by atoms with Gasteiger partial charge in [0, 0.05) is 49.8 Å². The molecule has 10 rings (SSSR count). The van der Waals surface area contributed by atoms with Gasteiger partial charge in [-0.1, -0.05) is 100 Å². The lowest BCUT2D eigenvalue weighted by Gasteiger charge is -2.47. The molecule has 0 fully saturated rings. The molecule has 0 saturated carbocycles. The molecular weight excluding hydrogens is 601 g/mol. The second-order valence-electron chi connectivity index (χ2n) is 14.4. The van der Waals surface area contributed by atoms with E-state index in [1.165, 1.54) is 27.8 Å². The van der Waals surface area contributed by atoms with E-state index < -0.39 is 0 Å². The summed E-state index contributed by atoms with van der Waals surface area (Å²) in [5, 5.41) is 9.57. The van der Waals surface area contributed by atoms with Crippen molar-refractivity contribution in [3.05, 3.63) is 145 Å². The fraction of sp³-hybridized carbons (Fsp3) is 0.136. The Morgan fingerprint density at radius 2 is 1.43 bits per heavy atom. The summed E-state index contributed by atoms with van der Waals surface area (Å²) in [7, 11) is 0. The third-order valence-corrected chi connectivity index (χ3v) is 11.4. The molecule has 0 unspecified atom stereocenters. The zero-order chi connectivity index (χ0) is 33.1. The summed E-state index contributed by atoms with van der Waals surface area (Å²) >= 11 is 0. The Morgan fingerprint density at radius 1 is 0.612 bits per heavy atom. The largest absolute Gasteiger partial charge is 0.456 e. The Balaban J connectivity index is 1.20. The van der Waals surface area contributed by atoms with Crippen LogP contribution in [-0.4, -0.2) is 19.3 Å². The van der Waals surface area contributed by atoms with E-state index in [9.17, 15) is 0 Å². The maximum atomic E-state index is 6.50. The summed E-state index contributed by atoms with van der Waals surface area (Å²) in [5.41, 5.74) is 12.9. The lowest BCUT2D eigenvalue weighted by atomic mass is 9.59. The Morgan fingerprint density at radius 3 is 2.31 bits per heavy atom. The van der Waals surface area contributed by atoms with Crippen LogP contribution in [0.15, 0.2) is 138 Å². The van der Waals surface area contributed by atoms with E-state index in [2.05, 4.69) is 152 Å². The van der Waals surface area contributed by atoms with Crippen LogP contribution in [0.3, 0.4) is 0 Å². The molecule has 1 aliphatic rings. The zero-order valence-corrected chi connectivity index (χ0v) is 27.9. The summed E-state index contributed by atoms with van der Waals surface area (Å²) in [4.78, 5) is 4.82. The smallest absolute Gasteiger partial charge is 0.145 e. The predicted molar refractivity (Wildman–Crippen MR) is 200 cm³/mol. The van der Waals surface area contributed by atoms with Crippen molar-refractivity contribution in [3.63, 3.8) is 0 Å². The highest BCUT2D eigenvalue weighted by atomic mass is 16.3. The van der Waals surface area contributed by atoms with Crippen molar-refractivity contribution >= 4 is 43.9 Å². The lowest BCUT2D eigenvalue weighted by molar-refractivity contribution is 0.276. The minimum absolute atomic E-state index is 0.139. The van der Waals surface area contributed by atoms with Crippen LogP contribution in [-0.2, 0) is 10.8 Å². The molecule has 0 aliphatic carbocycles. The fourth-order valence-electron chi connectivity index (χ4n) is 8.25. The van der Waals surface area contributed by atoms with E-state index in [4.69, 9.17) is 14.5 Å². The molecule has 4 aromatic heterocycles. The van der Waals surface area contributed by atoms with Gasteiger partial charge in [-0.2, -0.15) is 5.10 Å². The number of fused-ring (bicyclic) bond motifs is 9. The van der Waals surface area contributed by atoms with E-state index in [1.807, 2.05) is 18.5 Å². The van der Waals surface area contributed by atoms with Crippen LogP contribution in [0.2, 0.25) is 0 Å². The van der Waals surface area contributed by atoms with Gasteiger partial charge >= 0.3 is 0 Å². The second-order valence-corrected chi connectivity index (χ2v) is 14.4. The van der Waals surface area contributed by atoms with Crippen LogP contribution >= 0.6 is 0 Å². The van der Waals surface area contributed by atoms with Gasteiger partial charge in [0.1, 0.15) is 16.8 Å². The minimum Gasteiger partial charge on any atom is -0.456 e. The first-order valence-electron chi connectivity index (χ1n) is 16.9. The van der Waals surface area contributed by atoms with Crippen molar-refractivity contribution in [1.82, 2.24) is 19.3 Å². The first-order valence-corrected chi connectivity index (χ1v) is 16.9. The summed E-state index contributed by atoms with van der Waals surface area (Å²) in [5.74, 6) is 0. The number of rotatable bonds is 3. The van der Waals surface area contributed by atoms with E-state index in [0.29, 0.717) is 0 Å². The van der Waals surface area contributed by atoms with Gasteiger partial charge in [0.2, 0.25) is 0 Å². The molecule has 9 aromatic rings. The van der Waals surface area contributed by atoms with E-state index >= 15 is 0 Å². The Kier molecular flexibility index (Phi) is 5.62. The van der Waals surface area contributed by atoms with Crippen LogP contribution in [0.25, 0.3) is 77.5 Å². The monoisotopic (exact) mass is 634 g/mol. The lowest BCUT2D eigenvalue weighted by Crippen LogP contribution is -2.46. The van der Waals surface area contributed by atoms with Gasteiger partial charge in [-0.05, 0) is 70.8 Å². The summed E-state index contributed by atoms with van der Waals surface area (Å²) in [6.07, 6.45) is 3.91. The van der Waals surface area contributed by atoms with Gasteiger partial charge in [0.15, 0.2) is 0 Å². The third-order valence-electron chi connectivity index (χ3n) is 11.4. The minimum atomic E-state index is -0.165. The van der Waals surface area contributed by atoms with Gasteiger partial charge in [-0.25, -0.2) is 9.67 Å². The summed E-state index contributed by atoms with van der Waals surface area (Å²) in [6.45, 7) is 9.44. The van der Waals surface area contributed by atoms with E-state index in [-0.39, 0.29) is 10.8 Å². The molecule has 0 spiro atoms. The number of hydrogen-bond acceptors (Lipinski definition) is 3. The first kappa shape index (κ1) is 28.1. The molecule has 0 saturated heterocycles. The molecule has 5 nitrogen and oxygen atoms in total. The van der Waals surface area contributed by atoms with Gasteiger partial charge in [0.25, 0.3) is 0 Å². The van der Waals surface area contributed by atoms with Crippen LogP contribution in [0.4, 0.5) is 0 Å². The number of benzene rings is 5. The average Bonchev–Trinajstić information content (AvgIpc) is 3.83. The van der Waals surface area contributed by atoms with Crippen molar-refractivity contribution in [2.75, 3.05) is 0 Å². The zero-order valence-electron chi connectivity index (χ0n) is 27.9. The SMILES string of the molecule is CC1(C)c2ccc(-c3cccc4oc5ccc(-n6c7ccccc7c7cccnc76)cc5c34)cc2-n2ncc(-c3ccccc3)c2C1(C)C. The Hall–Kier alpha value is -5.94. The van der Waals surface area contributed by atoms with Gasteiger partial charge < -0.3 is 4.42 Å². The predicted octanol–water partition coefficient (Wildman–Crippen LogP) is 11.2. The molecule has 1 aliphatic heterocycles. The topological polar surface area (TPSA) is 48.8 Å². The molecule has 236 valence electrons. The molecule has 5 aromatic carbocycles. The molecule has 0 radical (unpaired) electrons. The number of furan rings is 1. The average molecular weight is 635 g/mol. The number of nitrogens with zero attached hydrogens (tertiary/aromatic N) is 4. The summed E-state index contributed by atoms with van der Waals surface area (Å²) < 4.78 is 11.0. The molecule has 0 N–H and O–H groups in total. The maximum Gasteiger partial charge on any atom is 0.145 e. The molecule has 0 atom stereocenters. The molecule has 0 amide bonds. The maximum absolute atomic E-state index is 6.50. The Bertz CT molecular complexity index is 2720. The van der Waals surface area contributed by atoms with Crippen molar-refractivity contribution in [2.24, 2.45) is 0 Å². The fourth-order valence-corrected chi connectivity index (χ4v) is 8.25. The van der Waals surface area contributed by atoms with Crippen molar-refractivity contribution in [3.8, 4) is 33.6 Å². The van der Waals surface area contributed by atoms with Crippen LogP contribution in [0, 0.1) is 0 Å². The van der Waals surface area contributed by atoms with Crippen LogP contribution < -0.4 is 0 Å². The van der Waals surface area contributed by atoms with Gasteiger partial charge in [-0.3, -0.25) is 4.57 Å². The van der Waals surface area contributed by atoms with E-state index in [1.54, 1.807) is 0 Å². The normalized spacial score (nSPS) is 14.9. The third kappa shape index (κ3) is 3.76. The van der Waals surface area contributed by atoms with E-state index in [0.717, 1.165) is 61.0 Å². The molecule has 5 heterocycles. The molecule has 5 heteroatoms. The van der Waals surface area contributed by atoms with Gasteiger partial charge in [0.05, 0.1) is 23.1 Å².